The van der Waals surface area contributed by atoms with Gasteiger partial charge in [-0.25, -0.2) is 4.57 Å². The van der Waals surface area contributed by atoms with Gasteiger partial charge in [0.1, 0.15) is 7.05 Å². The van der Waals surface area contributed by atoms with E-state index in [1.165, 1.54) is 49.8 Å². The van der Waals surface area contributed by atoms with Crippen LogP contribution in [0, 0.1) is 6.92 Å². The molecule has 158 valence electrons. The predicted octanol–water partition coefficient (Wildman–Crippen LogP) is 7.94. The minimum atomic E-state index is 0.472. The average Bonchev–Trinajstić information content (AvgIpc) is 2.79. The maximum Gasteiger partial charge on any atom is 0.220 e. The Morgan fingerprint density at radius 2 is 1.58 bits per heavy atom. The summed E-state index contributed by atoms with van der Waals surface area (Å²) in [5.41, 5.74) is 9.41. The normalized spacial score (nSPS) is 12.5. The van der Waals surface area contributed by atoms with E-state index in [0.717, 1.165) is 6.42 Å². The van der Waals surface area contributed by atoms with E-state index >= 15 is 0 Å². The molecule has 3 aromatic carbocycles. The van der Waals surface area contributed by atoms with Crippen molar-refractivity contribution in [2.24, 2.45) is 7.05 Å². The number of rotatable bonds is 5. The zero-order valence-electron chi connectivity index (χ0n) is 19.7. The third-order valence-corrected chi connectivity index (χ3v) is 6.77. The van der Waals surface area contributed by atoms with Gasteiger partial charge in [0.05, 0.1) is 10.9 Å². The highest BCUT2D eigenvalue weighted by Gasteiger charge is 2.21. The van der Waals surface area contributed by atoms with Gasteiger partial charge >= 0.3 is 0 Å². The van der Waals surface area contributed by atoms with E-state index in [9.17, 15) is 0 Å². The van der Waals surface area contributed by atoms with Crippen molar-refractivity contribution in [1.82, 2.24) is 0 Å². The molecule has 0 N–H and O–H groups in total. The van der Waals surface area contributed by atoms with Crippen molar-refractivity contribution in [3.8, 4) is 22.4 Å². The van der Waals surface area contributed by atoms with E-state index in [2.05, 4.69) is 119 Å². The van der Waals surface area contributed by atoms with Crippen LogP contribution in [0.15, 0.2) is 72.9 Å². The summed E-state index contributed by atoms with van der Waals surface area (Å²) in [5, 5.41) is 2.64. The largest absolute Gasteiger partial charge is 0.220 e. The monoisotopic (exact) mass is 408 g/mol. The number of hydrogen-bond acceptors (Lipinski definition) is 0. The number of hydrogen-bond donors (Lipinski definition) is 0. The smallest absolute Gasteiger partial charge is 0.200 e. The highest BCUT2D eigenvalue weighted by Crippen LogP contribution is 2.37. The van der Waals surface area contributed by atoms with Gasteiger partial charge in [0.2, 0.25) is 5.69 Å². The summed E-state index contributed by atoms with van der Waals surface area (Å²) < 4.78 is 2.28. The van der Waals surface area contributed by atoms with E-state index in [4.69, 9.17) is 0 Å². The molecular formula is C30H34N+. The maximum atomic E-state index is 2.38. The topological polar surface area (TPSA) is 3.88 Å². The molecule has 0 fully saturated rings. The second-order valence-electron chi connectivity index (χ2n) is 9.19. The van der Waals surface area contributed by atoms with E-state index in [0.29, 0.717) is 11.8 Å². The summed E-state index contributed by atoms with van der Waals surface area (Å²) in [6, 6.07) is 24.8. The lowest BCUT2D eigenvalue weighted by Gasteiger charge is -2.18. The second-order valence-corrected chi connectivity index (χ2v) is 9.19. The Morgan fingerprint density at radius 1 is 0.839 bits per heavy atom. The molecule has 0 aliphatic carbocycles. The van der Waals surface area contributed by atoms with Gasteiger partial charge in [0, 0.05) is 6.07 Å². The number of benzene rings is 3. The quantitative estimate of drug-likeness (QED) is 0.295. The first-order valence-corrected chi connectivity index (χ1v) is 11.5. The molecule has 0 aliphatic rings. The lowest BCUT2D eigenvalue weighted by atomic mass is 9.87. The molecule has 0 amide bonds. The lowest BCUT2D eigenvalue weighted by molar-refractivity contribution is -0.659. The van der Waals surface area contributed by atoms with Crippen LogP contribution < -0.4 is 4.57 Å². The number of aromatic nitrogens is 1. The van der Waals surface area contributed by atoms with Gasteiger partial charge in [-0.1, -0.05) is 76.2 Å². The molecule has 1 heterocycles. The van der Waals surface area contributed by atoms with Crippen LogP contribution in [0.5, 0.6) is 0 Å². The molecule has 31 heavy (non-hydrogen) atoms. The fraction of sp³-hybridized carbons (Fsp3) is 0.300. The first-order chi connectivity index (χ1) is 14.9. The summed E-state index contributed by atoms with van der Waals surface area (Å²) in [4.78, 5) is 0. The fourth-order valence-electron chi connectivity index (χ4n) is 4.65. The lowest BCUT2D eigenvalue weighted by Crippen LogP contribution is -2.31. The van der Waals surface area contributed by atoms with Gasteiger partial charge < -0.3 is 0 Å². The molecule has 1 aromatic heterocycles. The van der Waals surface area contributed by atoms with Crippen molar-refractivity contribution in [3.05, 3.63) is 89.6 Å². The Morgan fingerprint density at radius 3 is 2.26 bits per heavy atom. The summed E-state index contributed by atoms with van der Waals surface area (Å²) in [6.07, 6.45) is 3.37. The van der Waals surface area contributed by atoms with Crippen LogP contribution in [-0.2, 0) is 7.05 Å². The van der Waals surface area contributed by atoms with Gasteiger partial charge in [-0.2, -0.15) is 0 Å². The molecule has 1 nitrogen and oxygen atoms in total. The van der Waals surface area contributed by atoms with Gasteiger partial charge in [-0.3, -0.25) is 0 Å². The van der Waals surface area contributed by atoms with E-state index in [-0.39, 0.29) is 0 Å². The van der Waals surface area contributed by atoms with Crippen LogP contribution in [0.3, 0.4) is 0 Å². The summed E-state index contributed by atoms with van der Waals surface area (Å²) >= 11 is 0. The predicted molar refractivity (Wildman–Crippen MR) is 134 cm³/mol. The Bertz CT molecular complexity index is 1220. The van der Waals surface area contributed by atoms with Crippen molar-refractivity contribution in [1.29, 1.82) is 0 Å². The van der Waals surface area contributed by atoms with Crippen molar-refractivity contribution in [2.75, 3.05) is 0 Å². The Hall–Kier alpha value is -2.93. The van der Waals surface area contributed by atoms with Crippen LogP contribution in [0.25, 0.3) is 33.2 Å². The molecule has 0 saturated heterocycles. The minimum Gasteiger partial charge on any atom is -0.200 e. The first kappa shape index (κ1) is 21.3. The average molecular weight is 409 g/mol. The summed E-state index contributed by atoms with van der Waals surface area (Å²) in [6.45, 7) is 11.4. The van der Waals surface area contributed by atoms with Crippen LogP contribution in [-0.4, -0.2) is 0 Å². The minimum absolute atomic E-state index is 0.472. The van der Waals surface area contributed by atoms with E-state index in [1.807, 2.05) is 0 Å². The number of nitrogens with zero attached hydrogens (tertiary/aromatic N) is 1. The molecule has 0 aliphatic heterocycles. The molecule has 1 heteroatoms. The second kappa shape index (κ2) is 8.67. The Labute approximate surface area is 187 Å². The van der Waals surface area contributed by atoms with Crippen molar-refractivity contribution < 1.29 is 4.57 Å². The van der Waals surface area contributed by atoms with Gasteiger partial charge in [0.25, 0.3) is 0 Å². The van der Waals surface area contributed by atoms with Gasteiger partial charge in [-0.05, 0) is 70.5 Å². The Kier molecular flexibility index (Phi) is 5.96. The molecular weight excluding hydrogens is 374 g/mol. The van der Waals surface area contributed by atoms with Crippen LogP contribution in [0.4, 0.5) is 0 Å². The third kappa shape index (κ3) is 4.02. The molecule has 1 atom stereocenters. The van der Waals surface area contributed by atoms with Crippen molar-refractivity contribution in [3.63, 3.8) is 0 Å². The fourth-order valence-corrected chi connectivity index (χ4v) is 4.65. The summed E-state index contributed by atoms with van der Waals surface area (Å²) in [7, 11) is 2.17. The number of aryl methyl sites for hydroxylation is 1. The van der Waals surface area contributed by atoms with Crippen molar-refractivity contribution >= 4 is 10.8 Å². The molecule has 4 aromatic rings. The highest BCUT2D eigenvalue weighted by atomic mass is 14.9. The highest BCUT2D eigenvalue weighted by molar-refractivity contribution is 5.95. The third-order valence-electron chi connectivity index (χ3n) is 6.77. The van der Waals surface area contributed by atoms with Crippen LogP contribution >= 0.6 is 0 Å². The number of fused-ring (bicyclic) bond motifs is 1. The zero-order valence-corrected chi connectivity index (χ0v) is 19.7. The SMILES string of the molecule is CCC(C)c1ccc2c(-c3cc(-c4ccccc4)cc(C(C)C)c3C)[n+](C)ccc2c1. The molecule has 0 spiro atoms. The van der Waals surface area contributed by atoms with Crippen LogP contribution in [0.1, 0.15) is 62.6 Å². The Balaban J connectivity index is 2.01. The van der Waals surface area contributed by atoms with Gasteiger partial charge in [0.15, 0.2) is 6.20 Å². The molecule has 0 saturated carbocycles. The molecule has 4 rings (SSSR count). The first-order valence-electron chi connectivity index (χ1n) is 11.5. The maximum absolute atomic E-state index is 2.38. The zero-order chi connectivity index (χ0) is 22.1. The van der Waals surface area contributed by atoms with E-state index < -0.39 is 0 Å². The molecule has 0 bridgehead atoms. The van der Waals surface area contributed by atoms with Crippen LogP contribution in [0.2, 0.25) is 0 Å². The molecule has 0 radical (unpaired) electrons. The number of pyridine rings is 1. The van der Waals surface area contributed by atoms with Gasteiger partial charge in [-0.15, -0.1) is 0 Å². The van der Waals surface area contributed by atoms with Crippen molar-refractivity contribution in [2.45, 2.75) is 52.9 Å². The summed E-state index contributed by atoms with van der Waals surface area (Å²) in [5.74, 6) is 1.05. The standard InChI is InChI=1S/C30H34N/c1-7-21(4)24-13-14-27-25(17-24)15-16-31(6)30(27)29-19-26(23-11-9-8-10-12-23)18-28(20(2)3)22(29)5/h8-21H,7H2,1-6H3/q+1. The molecule has 1 unspecified atom stereocenters. The van der Waals surface area contributed by atoms with E-state index in [1.54, 1.807) is 0 Å².